The molecule has 0 amide bonds. The Hall–Kier alpha value is -1.75. The zero-order valence-corrected chi connectivity index (χ0v) is 7.37. The van der Waals surface area contributed by atoms with Crippen molar-refractivity contribution in [1.29, 1.82) is 0 Å². The van der Waals surface area contributed by atoms with E-state index in [-0.39, 0.29) is 17.9 Å². The number of nitrogens with zero attached hydrogens (tertiary/aromatic N) is 2. The summed E-state index contributed by atoms with van der Waals surface area (Å²) < 4.78 is 13.3. The monoisotopic (exact) mass is 192 g/mol. The fourth-order valence-corrected chi connectivity index (χ4v) is 1.28. The van der Waals surface area contributed by atoms with Gasteiger partial charge < -0.3 is 11.5 Å². The average Bonchev–Trinajstić information content (AvgIpc) is 2.19. The molecule has 0 fully saturated rings. The molecule has 0 saturated carbocycles. The molecule has 2 rings (SSSR count). The van der Waals surface area contributed by atoms with Gasteiger partial charge in [-0.2, -0.15) is 0 Å². The minimum Gasteiger partial charge on any atom is -0.383 e. The quantitative estimate of drug-likeness (QED) is 0.700. The van der Waals surface area contributed by atoms with Crippen molar-refractivity contribution in [3.8, 4) is 0 Å². The first-order valence-corrected chi connectivity index (χ1v) is 4.13. The molecule has 4 nitrogen and oxygen atoms in total. The molecular formula is C9H9FN4. The lowest BCUT2D eigenvalue weighted by atomic mass is 10.2. The summed E-state index contributed by atoms with van der Waals surface area (Å²) in [5.74, 6) is 0.196. The van der Waals surface area contributed by atoms with Crippen LogP contribution in [0.15, 0.2) is 18.2 Å². The fourth-order valence-electron chi connectivity index (χ4n) is 1.28. The van der Waals surface area contributed by atoms with Crippen molar-refractivity contribution < 1.29 is 4.39 Å². The van der Waals surface area contributed by atoms with Crippen molar-refractivity contribution in [3.63, 3.8) is 0 Å². The highest BCUT2D eigenvalue weighted by Gasteiger charge is 2.07. The van der Waals surface area contributed by atoms with Crippen LogP contribution < -0.4 is 11.5 Å². The van der Waals surface area contributed by atoms with Crippen molar-refractivity contribution in [2.24, 2.45) is 5.73 Å². The van der Waals surface area contributed by atoms with Gasteiger partial charge in [-0.1, -0.05) is 6.07 Å². The summed E-state index contributed by atoms with van der Waals surface area (Å²) in [6.07, 6.45) is 0. The van der Waals surface area contributed by atoms with Gasteiger partial charge in [0.2, 0.25) is 0 Å². The molecule has 1 heterocycles. The molecule has 0 aliphatic rings. The Labute approximate surface area is 79.8 Å². The Kier molecular flexibility index (Phi) is 2.01. The number of fused-ring (bicyclic) bond motifs is 1. The topological polar surface area (TPSA) is 77.8 Å². The summed E-state index contributed by atoms with van der Waals surface area (Å²) in [7, 11) is 0. The van der Waals surface area contributed by atoms with Crippen molar-refractivity contribution in [3.05, 3.63) is 29.8 Å². The van der Waals surface area contributed by atoms with Gasteiger partial charge in [0, 0.05) is 5.39 Å². The minimum atomic E-state index is -0.411. The number of para-hydroxylation sites is 1. The van der Waals surface area contributed by atoms with E-state index >= 15 is 0 Å². The first kappa shape index (κ1) is 8.83. The van der Waals surface area contributed by atoms with E-state index in [0.717, 1.165) is 0 Å². The van der Waals surface area contributed by atoms with E-state index in [9.17, 15) is 4.39 Å². The normalized spacial score (nSPS) is 10.7. The Balaban J connectivity index is 2.83. The largest absolute Gasteiger partial charge is 0.383 e. The summed E-state index contributed by atoms with van der Waals surface area (Å²) in [6.45, 7) is 0.147. The van der Waals surface area contributed by atoms with Gasteiger partial charge in [0.1, 0.15) is 23.0 Å². The molecule has 4 N–H and O–H groups in total. The van der Waals surface area contributed by atoms with Crippen molar-refractivity contribution >= 4 is 16.7 Å². The van der Waals surface area contributed by atoms with Crippen molar-refractivity contribution in [2.75, 3.05) is 5.73 Å². The van der Waals surface area contributed by atoms with Crippen LogP contribution in [0.1, 0.15) is 5.82 Å². The van der Waals surface area contributed by atoms with Crippen LogP contribution in [-0.4, -0.2) is 9.97 Å². The fraction of sp³-hybridized carbons (Fsp3) is 0.111. The number of aromatic nitrogens is 2. The zero-order chi connectivity index (χ0) is 10.1. The van der Waals surface area contributed by atoms with Gasteiger partial charge in [-0.05, 0) is 12.1 Å². The van der Waals surface area contributed by atoms with E-state index in [0.29, 0.717) is 11.2 Å². The predicted octanol–water partition coefficient (Wildman–Crippen LogP) is 0.810. The average molecular weight is 192 g/mol. The first-order valence-electron chi connectivity index (χ1n) is 4.13. The molecule has 0 radical (unpaired) electrons. The molecule has 0 aliphatic heterocycles. The third-order valence-corrected chi connectivity index (χ3v) is 1.94. The van der Waals surface area contributed by atoms with Crippen LogP contribution in [0, 0.1) is 5.82 Å². The Morgan fingerprint density at radius 2 is 2.07 bits per heavy atom. The highest BCUT2D eigenvalue weighted by Crippen LogP contribution is 2.19. The van der Waals surface area contributed by atoms with Crippen LogP contribution >= 0.6 is 0 Å². The number of anilines is 1. The number of rotatable bonds is 1. The number of nitrogen functional groups attached to an aromatic ring is 1. The molecule has 5 heteroatoms. The van der Waals surface area contributed by atoms with Gasteiger partial charge in [-0.3, -0.25) is 0 Å². The number of hydrogen-bond acceptors (Lipinski definition) is 4. The first-order chi connectivity index (χ1) is 6.72. The third-order valence-electron chi connectivity index (χ3n) is 1.94. The van der Waals surface area contributed by atoms with E-state index in [4.69, 9.17) is 11.5 Å². The van der Waals surface area contributed by atoms with Gasteiger partial charge in [-0.25, -0.2) is 14.4 Å². The van der Waals surface area contributed by atoms with Crippen molar-refractivity contribution in [1.82, 2.24) is 9.97 Å². The summed E-state index contributed by atoms with van der Waals surface area (Å²) in [5.41, 5.74) is 11.2. The molecule has 2 aromatic rings. The lowest BCUT2D eigenvalue weighted by molar-refractivity contribution is 0.635. The Morgan fingerprint density at radius 3 is 2.79 bits per heavy atom. The summed E-state index contributed by atoms with van der Waals surface area (Å²) in [6, 6.07) is 4.57. The number of halogens is 1. The minimum absolute atomic E-state index is 0.147. The Morgan fingerprint density at radius 1 is 1.29 bits per heavy atom. The molecule has 1 aromatic heterocycles. The number of benzene rings is 1. The Bertz CT molecular complexity index is 483. The van der Waals surface area contributed by atoms with E-state index in [2.05, 4.69) is 9.97 Å². The van der Waals surface area contributed by atoms with Gasteiger partial charge in [-0.15, -0.1) is 0 Å². The molecule has 0 spiro atoms. The number of nitrogens with two attached hydrogens (primary N) is 2. The number of hydrogen-bond donors (Lipinski definition) is 2. The highest BCUT2D eigenvalue weighted by atomic mass is 19.1. The molecule has 0 saturated heterocycles. The molecule has 0 atom stereocenters. The summed E-state index contributed by atoms with van der Waals surface area (Å²) in [4.78, 5) is 7.90. The van der Waals surface area contributed by atoms with E-state index in [1.165, 1.54) is 6.07 Å². The second-order valence-corrected chi connectivity index (χ2v) is 2.87. The molecule has 1 aromatic carbocycles. The van der Waals surface area contributed by atoms with Crippen molar-refractivity contribution in [2.45, 2.75) is 6.54 Å². The maximum absolute atomic E-state index is 13.3. The van der Waals surface area contributed by atoms with E-state index in [1.54, 1.807) is 12.1 Å². The van der Waals surface area contributed by atoms with Gasteiger partial charge in [0.25, 0.3) is 0 Å². The molecule has 0 bridgehead atoms. The second kappa shape index (κ2) is 3.19. The van der Waals surface area contributed by atoms with Gasteiger partial charge in [0.05, 0.1) is 6.54 Å². The molecular weight excluding hydrogens is 183 g/mol. The van der Waals surface area contributed by atoms with Gasteiger partial charge >= 0.3 is 0 Å². The summed E-state index contributed by atoms with van der Waals surface area (Å²) >= 11 is 0. The van der Waals surface area contributed by atoms with Gasteiger partial charge in [0.15, 0.2) is 0 Å². The SMILES string of the molecule is NCc1nc(N)c2cccc(F)c2n1. The second-order valence-electron chi connectivity index (χ2n) is 2.87. The van der Waals surface area contributed by atoms with E-state index < -0.39 is 5.82 Å². The molecule has 72 valence electrons. The van der Waals surface area contributed by atoms with E-state index in [1.807, 2.05) is 0 Å². The molecule has 0 unspecified atom stereocenters. The smallest absolute Gasteiger partial charge is 0.149 e. The third kappa shape index (κ3) is 1.27. The van der Waals surface area contributed by atoms with Crippen LogP contribution in [0.4, 0.5) is 10.2 Å². The standard InChI is InChI=1S/C9H9FN4/c10-6-3-1-2-5-8(6)13-7(4-11)14-9(5)12/h1-3H,4,11H2,(H2,12,13,14). The van der Waals surface area contributed by atoms with Crippen LogP contribution in [0.3, 0.4) is 0 Å². The molecule has 14 heavy (non-hydrogen) atoms. The zero-order valence-electron chi connectivity index (χ0n) is 7.37. The lowest BCUT2D eigenvalue weighted by Crippen LogP contribution is -2.06. The maximum atomic E-state index is 13.3. The van der Waals surface area contributed by atoms with Crippen LogP contribution in [-0.2, 0) is 6.54 Å². The summed E-state index contributed by atoms with van der Waals surface area (Å²) in [5, 5.41) is 0.516. The maximum Gasteiger partial charge on any atom is 0.149 e. The highest BCUT2D eigenvalue weighted by molar-refractivity contribution is 5.88. The predicted molar refractivity (Wildman–Crippen MR) is 51.8 cm³/mol. The lowest BCUT2D eigenvalue weighted by Gasteiger charge is -2.03. The van der Waals surface area contributed by atoms with Crippen LogP contribution in [0.2, 0.25) is 0 Å². The van der Waals surface area contributed by atoms with Crippen LogP contribution in [0.5, 0.6) is 0 Å². The molecule has 0 aliphatic carbocycles. The van der Waals surface area contributed by atoms with Crippen LogP contribution in [0.25, 0.3) is 10.9 Å².